The highest BCUT2D eigenvalue weighted by Gasteiger charge is 2.13. The van der Waals surface area contributed by atoms with Gasteiger partial charge in [-0.05, 0) is 43.2 Å². The summed E-state index contributed by atoms with van der Waals surface area (Å²) in [4.78, 5) is 10.7. The van der Waals surface area contributed by atoms with Gasteiger partial charge >= 0.3 is 5.97 Å². The number of benzene rings is 1. The van der Waals surface area contributed by atoms with E-state index in [-0.39, 0.29) is 12.2 Å². The second-order valence-electron chi connectivity index (χ2n) is 4.21. The van der Waals surface area contributed by atoms with Crippen molar-refractivity contribution in [2.24, 2.45) is 0 Å². The molecular formula is C13H13FN2O2. The van der Waals surface area contributed by atoms with Crippen LogP contribution in [0, 0.1) is 19.7 Å². The molecule has 2 aromatic rings. The van der Waals surface area contributed by atoms with Crippen LogP contribution in [0.4, 0.5) is 4.39 Å². The maximum absolute atomic E-state index is 13.2. The molecule has 1 aromatic heterocycles. The number of halogens is 1. The Balaban J connectivity index is 2.42. The van der Waals surface area contributed by atoms with Crippen LogP contribution in [0.1, 0.15) is 16.8 Å². The number of hydrogen-bond acceptors (Lipinski definition) is 2. The Morgan fingerprint density at radius 3 is 2.78 bits per heavy atom. The Bertz CT molecular complexity index is 605. The molecule has 0 aliphatic rings. The molecule has 5 heteroatoms. The van der Waals surface area contributed by atoms with Crippen LogP contribution in [0.15, 0.2) is 18.2 Å². The maximum atomic E-state index is 13.2. The van der Waals surface area contributed by atoms with E-state index in [2.05, 4.69) is 10.2 Å². The molecule has 0 radical (unpaired) electrons. The Hall–Kier alpha value is -2.17. The highest BCUT2D eigenvalue weighted by atomic mass is 19.1. The van der Waals surface area contributed by atoms with Gasteiger partial charge in [0.2, 0.25) is 0 Å². The van der Waals surface area contributed by atoms with Crippen molar-refractivity contribution < 1.29 is 14.3 Å². The van der Waals surface area contributed by atoms with E-state index in [4.69, 9.17) is 5.11 Å². The highest BCUT2D eigenvalue weighted by molar-refractivity contribution is 5.72. The van der Waals surface area contributed by atoms with Gasteiger partial charge in [-0.2, -0.15) is 5.10 Å². The molecule has 0 unspecified atom stereocenters. The third-order valence-electron chi connectivity index (χ3n) is 2.87. The van der Waals surface area contributed by atoms with Crippen LogP contribution in [-0.4, -0.2) is 21.3 Å². The Kier molecular flexibility index (Phi) is 3.14. The standard InChI is InChI=1S/C13H13FN2O2/c1-7-5-9(3-4-10(7)14)13-8(2)11(15-16-13)6-12(17)18/h3-5H,6H2,1-2H3,(H,15,16)(H,17,18). The summed E-state index contributed by atoms with van der Waals surface area (Å²) in [6.07, 6.45) is -0.0982. The molecule has 0 saturated carbocycles. The first-order valence-electron chi connectivity index (χ1n) is 5.51. The summed E-state index contributed by atoms with van der Waals surface area (Å²) in [7, 11) is 0. The van der Waals surface area contributed by atoms with Gasteiger partial charge in [0.1, 0.15) is 5.82 Å². The Labute approximate surface area is 103 Å². The molecule has 0 atom stereocenters. The third-order valence-corrected chi connectivity index (χ3v) is 2.87. The quantitative estimate of drug-likeness (QED) is 0.876. The lowest BCUT2D eigenvalue weighted by Gasteiger charge is -2.02. The first-order chi connectivity index (χ1) is 8.49. The number of aliphatic carboxylic acids is 1. The first kappa shape index (κ1) is 12.3. The largest absolute Gasteiger partial charge is 0.481 e. The average Bonchev–Trinajstić information content (AvgIpc) is 2.64. The van der Waals surface area contributed by atoms with Gasteiger partial charge in [0, 0.05) is 11.3 Å². The molecule has 0 spiro atoms. The number of nitrogens with zero attached hydrogens (tertiary/aromatic N) is 1. The molecule has 4 nitrogen and oxygen atoms in total. The smallest absolute Gasteiger partial charge is 0.309 e. The van der Waals surface area contributed by atoms with E-state index >= 15 is 0 Å². The second kappa shape index (κ2) is 4.60. The van der Waals surface area contributed by atoms with Gasteiger partial charge < -0.3 is 5.11 Å². The summed E-state index contributed by atoms with van der Waals surface area (Å²) in [5, 5.41) is 15.6. The van der Waals surface area contributed by atoms with Crippen molar-refractivity contribution in [1.82, 2.24) is 10.2 Å². The summed E-state index contributed by atoms with van der Waals surface area (Å²) < 4.78 is 13.2. The maximum Gasteiger partial charge on any atom is 0.309 e. The number of aromatic nitrogens is 2. The Morgan fingerprint density at radius 2 is 2.17 bits per heavy atom. The fraction of sp³-hybridized carbons (Fsp3) is 0.231. The normalized spacial score (nSPS) is 10.6. The monoisotopic (exact) mass is 248 g/mol. The number of carbonyl (C=O) groups is 1. The molecule has 2 rings (SSSR count). The van der Waals surface area contributed by atoms with Gasteiger partial charge in [-0.15, -0.1) is 0 Å². The number of aryl methyl sites for hydroxylation is 1. The van der Waals surface area contributed by atoms with Gasteiger partial charge in [0.05, 0.1) is 12.1 Å². The van der Waals surface area contributed by atoms with Crippen molar-refractivity contribution in [1.29, 1.82) is 0 Å². The van der Waals surface area contributed by atoms with Crippen LogP contribution in [-0.2, 0) is 11.2 Å². The topological polar surface area (TPSA) is 66.0 Å². The van der Waals surface area contributed by atoms with Gasteiger partial charge in [0.15, 0.2) is 0 Å². The second-order valence-corrected chi connectivity index (χ2v) is 4.21. The molecule has 0 fully saturated rings. The first-order valence-corrected chi connectivity index (χ1v) is 5.51. The predicted molar refractivity (Wildman–Crippen MR) is 64.8 cm³/mol. The summed E-state index contributed by atoms with van der Waals surface area (Å²) >= 11 is 0. The molecule has 1 aromatic carbocycles. The fourth-order valence-electron chi connectivity index (χ4n) is 1.83. The zero-order valence-corrected chi connectivity index (χ0v) is 10.1. The predicted octanol–water partition coefficient (Wildman–Crippen LogP) is 2.46. The molecule has 0 saturated heterocycles. The van der Waals surface area contributed by atoms with Crippen molar-refractivity contribution in [3.63, 3.8) is 0 Å². The molecule has 0 bridgehead atoms. The lowest BCUT2D eigenvalue weighted by atomic mass is 10.0. The summed E-state index contributed by atoms with van der Waals surface area (Å²) in [5.74, 6) is -1.18. The molecule has 18 heavy (non-hydrogen) atoms. The highest BCUT2D eigenvalue weighted by Crippen LogP contribution is 2.25. The van der Waals surface area contributed by atoms with E-state index < -0.39 is 5.97 Å². The van der Waals surface area contributed by atoms with Crippen molar-refractivity contribution in [3.05, 3.63) is 40.8 Å². The lowest BCUT2D eigenvalue weighted by molar-refractivity contribution is -0.136. The van der Waals surface area contributed by atoms with E-state index in [9.17, 15) is 9.18 Å². The van der Waals surface area contributed by atoms with E-state index in [1.54, 1.807) is 26.0 Å². The SMILES string of the molecule is Cc1cc(-c2n[nH]c(CC(=O)O)c2C)ccc1F. The number of rotatable bonds is 3. The van der Waals surface area contributed by atoms with Crippen molar-refractivity contribution in [3.8, 4) is 11.3 Å². The average molecular weight is 248 g/mol. The summed E-state index contributed by atoms with van der Waals surface area (Å²) in [6, 6.07) is 4.72. The van der Waals surface area contributed by atoms with E-state index in [1.165, 1.54) is 6.07 Å². The number of aromatic amines is 1. The van der Waals surface area contributed by atoms with Crippen molar-refractivity contribution in [2.75, 3.05) is 0 Å². The zero-order valence-electron chi connectivity index (χ0n) is 10.1. The molecule has 0 aliphatic heterocycles. The lowest BCUT2D eigenvalue weighted by Crippen LogP contribution is -2.01. The minimum atomic E-state index is -0.913. The zero-order chi connectivity index (χ0) is 13.3. The molecule has 0 amide bonds. The summed E-state index contributed by atoms with van der Waals surface area (Å²) in [5.41, 5.74) is 3.33. The van der Waals surface area contributed by atoms with Gasteiger partial charge in [0.25, 0.3) is 0 Å². The number of nitrogens with one attached hydrogen (secondary N) is 1. The number of carboxylic acids is 1. The van der Waals surface area contributed by atoms with E-state index in [0.717, 1.165) is 11.1 Å². The van der Waals surface area contributed by atoms with Crippen LogP contribution in [0.2, 0.25) is 0 Å². The van der Waals surface area contributed by atoms with E-state index in [0.29, 0.717) is 17.0 Å². The fourth-order valence-corrected chi connectivity index (χ4v) is 1.83. The van der Waals surface area contributed by atoms with E-state index in [1.807, 2.05) is 0 Å². The minimum absolute atomic E-state index is 0.0982. The molecule has 2 N–H and O–H groups in total. The van der Waals surface area contributed by atoms with Gasteiger partial charge in [-0.1, -0.05) is 0 Å². The minimum Gasteiger partial charge on any atom is -0.481 e. The number of carboxylic acid groups (broad SMARTS) is 1. The molecule has 0 aliphatic carbocycles. The third kappa shape index (κ3) is 2.25. The van der Waals surface area contributed by atoms with Gasteiger partial charge in [-0.3, -0.25) is 9.89 Å². The van der Waals surface area contributed by atoms with Crippen molar-refractivity contribution >= 4 is 5.97 Å². The van der Waals surface area contributed by atoms with Crippen LogP contribution in [0.25, 0.3) is 11.3 Å². The van der Waals surface area contributed by atoms with Crippen LogP contribution >= 0.6 is 0 Å². The number of H-pyrrole nitrogens is 1. The van der Waals surface area contributed by atoms with Crippen LogP contribution < -0.4 is 0 Å². The van der Waals surface area contributed by atoms with Crippen LogP contribution in [0.5, 0.6) is 0 Å². The Morgan fingerprint density at radius 1 is 1.44 bits per heavy atom. The van der Waals surface area contributed by atoms with Crippen LogP contribution in [0.3, 0.4) is 0 Å². The summed E-state index contributed by atoms with van der Waals surface area (Å²) in [6.45, 7) is 3.48. The molecule has 94 valence electrons. The molecular weight excluding hydrogens is 235 g/mol. The van der Waals surface area contributed by atoms with Gasteiger partial charge in [-0.25, -0.2) is 4.39 Å². The van der Waals surface area contributed by atoms with Crippen molar-refractivity contribution in [2.45, 2.75) is 20.3 Å². The number of hydrogen-bond donors (Lipinski definition) is 2. The molecule has 1 heterocycles.